The standard InChI is InChI=1S/C16H32O2/c1-13(2)8-7-10-18-11-9-16(5,6)12-15(17)14(3)4/h13-14H,7-12H2,1-6H3. The Morgan fingerprint density at radius 3 is 2.22 bits per heavy atom. The zero-order chi connectivity index (χ0) is 14.2. The predicted octanol–water partition coefficient (Wildman–Crippen LogP) is 4.47. The van der Waals surface area contributed by atoms with Gasteiger partial charge in [-0.15, -0.1) is 0 Å². The van der Waals surface area contributed by atoms with E-state index in [1.165, 1.54) is 6.42 Å². The third-order valence-electron chi connectivity index (χ3n) is 3.29. The van der Waals surface area contributed by atoms with Gasteiger partial charge in [-0.05, 0) is 30.6 Å². The lowest BCUT2D eigenvalue weighted by Crippen LogP contribution is -2.22. The van der Waals surface area contributed by atoms with Crippen LogP contribution in [0.5, 0.6) is 0 Å². The normalized spacial score (nSPS) is 12.4. The molecule has 0 heterocycles. The molecule has 0 aromatic carbocycles. The van der Waals surface area contributed by atoms with Crippen LogP contribution < -0.4 is 0 Å². The highest BCUT2D eigenvalue weighted by Gasteiger charge is 2.23. The Morgan fingerprint density at radius 1 is 1.11 bits per heavy atom. The highest BCUT2D eigenvalue weighted by Crippen LogP contribution is 2.26. The fourth-order valence-electron chi connectivity index (χ4n) is 1.81. The number of hydrogen-bond donors (Lipinski definition) is 0. The van der Waals surface area contributed by atoms with E-state index in [-0.39, 0.29) is 11.3 Å². The Morgan fingerprint density at radius 2 is 1.72 bits per heavy atom. The number of carbonyl (C=O) groups is 1. The summed E-state index contributed by atoms with van der Waals surface area (Å²) in [7, 11) is 0. The SMILES string of the molecule is CC(C)CCCOCCC(C)(C)CC(=O)C(C)C. The third-order valence-corrected chi connectivity index (χ3v) is 3.29. The lowest BCUT2D eigenvalue weighted by atomic mass is 9.82. The minimum atomic E-state index is 0.0689. The van der Waals surface area contributed by atoms with Crippen LogP contribution in [0, 0.1) is 17.3 Å². The number of ether oxygens (including phenoxy) is 1. The van der Waals surface area contributed by atoms with E-state index in [0.717, 1.165) is 32.0 Å². The molecule has 0 saturated carbocycles. The van der Waals surface area contributed by atoms with Crippen LogP contribution in [0.1, 0.15) is 67.2 Å². The van der Waals surface area contributed by atoms with Crippen molar-refractivity contribution in [2.45, 2.75) is 67.2 Å². The fraction of sp³-hybridized carbons (Fsp3) is 0.938. The van der Waals surface area contributed by atoms with Crippen LogP contribution in [0.15, 0.2) is 0 Å². The van der Waals surface area contributed by atoms with Gasteiger partial charge in [-0.2, -0.15) is 0 Å². The second-order valence-corrected chi connectivity index (χ2v) is 6.86. The number of hydrogen-bond acceptors (Lipinski definition) is 2. The molecular formula is C16H32O2. The zero-order valence-electron chi connectivity index (χ0n) is 13.2. The molecule has 18 heavy (non-hydrogen) atoms. The first-order valence-corrected chi connectivity index (χ1v) is 7.35. The minimum Gasteiger partial charge on any atom is -0.381 e. The number of carbonyl (C=O) groups excluding carboxylic acids is 1. The van der Waals surface area contributed by atoms with Crippen molar-refractivity contribution in [3.8, 4) is 0 Å². The van der Waals surface area contributed by atoms with Crippen molar-refractivity contribution in [1.82, 2.24) is 0 Å². The maximum absolute atomic E-state index is 11.7. The topological polar surface area (TPSA) is 26.3 Å². The molecule has 0 aliphatic carbocycles. The molecule has 0 aromatic rings. The summed E-state index contributed by atoms with van der Waals surface area (Å²) >= 11 is 0. The van der Waals surface area contributed by atoms with Crippen LogP contribution in [0.4, 0.5) is 0 Å². The monoisotopic (exact) mass is 256 g/mol. The van der Waals surface area contributed by atoms with E-state index in [1.807, 2.05) is 13.8 Å². The summed E-state index contributed by atoms with van der Waals surface area (Å²) in [4.78, 5) is 11.7. The molecule has 0 N–H and O–H groups in total. The summed E-state index contributed by atoms with van der Waals surface area (Å²) in [6.45, 7) is 14.4. The average molecular weight is 256 g/mol. The molecule has 0 aliphatic rings. The van der Waals surface area contributed by atoms with Crippen LogP contribution >= 0.6 is 0 Å². The van der Waals surface area contributed by atoms with Gasteiger partial charge in [0, 0.05) is 25.6 Å². The Hall–Kier alpha value is -0.370. The van der Waals surface area contributed by atoms with Gasteiger partial charge in [0.15, 0.2) is 0 Å². The summed E-state index contributed by atoms with van der Waals surface area (Å²) in [5.74, 6) is 1.27. The first kappa shape index (κ1) is 17.6. The first-order valence-electron chi connectivity index (χ1n) is 7.35. The predicted molar refractivity (Wildman–Crippen MR) is 77.8 cm³/mol. The Balaban J connectivity index is 3.67. The molecule has 0 fully saturated rings. The number of ketones is 1. The molecule has 0 rings (SSSR count). The van der Waals surface area contributed by atoms with Gasteiger partial charge in [0.05, 0.1) is 0 Å². The molecule has 2 nitrogen and oxygen atoms in total. The van der Waals surface area contributed by atoms with Crippen molar-refractivity contribution >= 4 is 5.78 Å². The average Bonchev–Trinajstić information content (AvgIpc) is 2.21. The second-order valence-electron chi connectivity index (χ2n) is 6.86. The molecule has 0 aromatic heterocycles. The second kappa shape index (κ2) is 8.68. The quantitative estimate of drug-likeness (QED) is 0.539. The van der Waals surface area contributed by atoms with Crippen molar-refractivity contribution < 1.29 is 9.53 Å². The Labute approximate surface area is 113 Å². The lowest BCUT2D eigenvalue weighted by Gasteiger charge is -2.24. The zero-order valence-corrected chi connectivity index (χ0v) is 13.2. The van der Waals surface area contributed by atoms with E-state index in [0.29, 0.717) is 12.2 Å². The number of rotatable bonds is 10. The van der Waals surface area contributed by atoms with Crippen molar-refractivity contribution in [1.29, 1.82) is 0 Å². The molecule has 0 bridgehead atoms. The molecule has 2 heteroatoms. The molecule has 0 atom stereocenters. The van der Waals surface area contributed by atoms with E-state index < -0.39 is 0 Å². The van der Waals surface area contributed by atoms with E-state index in [1.54, 1.807) is 0 Å². The summed E-state index contributed by atoms with van der Waals surface area (Å²) in [5, 5.41) is 0. The van der Waals surface area contributed by atoms with Crippen LogP contribution in [0.3, 0.4) is 0 Å². The van der Waals surface area contributed by atoms with Crippen LogP contribution in [-0.4, -0.2) is 19.0 Å². The van der Waals surface area contributed by atoms with E-state index in [2.05, 4.69) is 27.7 Å². The summed E-state index contributed by atoms with van der Waals surface area (Å²) in [6, 6.07) is 0. The molecule has 0 amide bonds. The Bertz CT molecular complexity index is 229. The van der Waals surface area contributed by atoms with Crippen molar-refractivity contribution in [2.75, 3.05) is 13.2 Å². The van der Waals surface area contributed by atoms with Crippen LogP contribution in [-0.2, 0) is 9.53 Å². The van der Waals surface area contributed by atoms with Crippen molar-refractivity contribution in [3.63, 3.8) is 0 Å². The van der Waals surface area contributed by atoms with Crippen molar-refractivity contribution in [3.05, 3.63) is 0 Å². The Kier molecular flexibility index (Phi) is 8.51. The van der Waals surface area contributed by atoms with Gasteiger partial charge in [0.25, 0.3) is 0 Å². The third kappa shape index (κ3) is 9.64. The molecular weight excluding hydrogens is 224 g/mol. The highest BCUT2D eigenvalue weighted by molar-refractivity contribution is 5.80. The minimum absolute atomic E-state index is 0.0689. The molecule has 108 valence electrons. The van der Waals surface area contributed by atoms with Gasteiger partial charge in [-0.3, -0.25) is 4.79 Å². The number of Topliss-reactive ketones (excluding diaryl/α,β-unsaturated/α-hetero) is 1. The summed E-state index contributed by atoms with van der Waals surface area (Å²) < 4.78 is 5.65. The van der Waals surface area contributed by atoms with Gasteiger partial charge >= 0.3 is 0 Å². The van der Waals surface area contributed by atoms with Crippen LogP contribution in [0.2, 0.25) is 0 Å². The summed E-state index contributed by atoms with van der Waals surface area (Å²) in [6.07, 6.45) is 4.01. The van der Waals surface area contributed by atoms with E-state index in [9.17, 15) is 4.79 Å². The van der Waals surface area contributed by atoms with Crippen LogP contribution in [0.25, 0.3) is 0 Å². The van der Waals surface area contributed by atoms with Gasteiger partial charge in [0.2, 0.25) is 0 Å². The first-order chi connectivity index (χ1) is 8.24. The molecule has 0 aliphatic heterocycles. The van der Waals surface area contributed by atoms with Gasteiger partial charge in [-0.25, -0.2) is 0 Å². The van der Waals surface area contributed by atoms with E-state index in [4.69, 9.17) is 4.74 Å². The fourth-order valence-corrected chi connectivity index (χ4v) is 1.81. The molecule has 0 unspecified atom stereocenters. The summed E-state index contributed by atoms with van der Waals surface area (Å²) in [5.41, 5.74) is 0.0689. The van der Waals surface area contributed by atoms with Gasteiger partial charge in [0.1, 0.15) is 5.78 Å². The molecule has 0 saturated heterocycles. The van der Waals surface area contributed by atoms with Gasteiger partial charge in [-0.1, -0.05) is 41.5 Å². The highest BCUT2D eigenvalue weighted by atomic mass is 16.5. The lowest BCUT2D eigenvalue weighted by molar-refractivity contribution is -0.124. The van der Waals surface area contributed by atoms with E-state index >= 15 is 0 Å². The van der Waals surface area contributed by atoms with Crippen molar-refractivity contribution in [2.24, 2.45) is 17.3 Å². The largest absolute Gasteiger partial charge is 0.381 e. The maximum atomic E-state index is 11.7. The molecule has 0 radical (unpaired) electrons. The molecule has 0 spiro atoms. The smallest absolute Gasteiger partial charge is 0.135 e. The van der Waals surface area contributed by atoms with Gasteiger partial charge < -0.3 is 4.74 Å². The maximum Gasteiger partial charge on any atom is 0.135 e.